The molecule has 0 aliphatic carbocycles. The van der Waals surface area contributed by atoms with Gasteiger partial charge in [-0.1, -0.05) is 27.7 Å². The maximum atomic E-state index is 12.7. The van der Waals surface area contributed by atoms with E-state index in [0.29, 0.717) is 21.8 Å². The fraction of sp³-hybridized carbons (Fsp3) is 0.714. The number of thiophene rings is 1. The zero-order valence-corrected chi connectivity index (χ0v) is 16.6. The summed E-state index contributed by atoms with van der Waals surface area (Å²) in [5.41, 5.74) is -0.0736. The molecule has 1 aromatic heterocycles. The van der Waals surface area contributed by atoms with Crippen molar-refractivity contribution in [2.45, 2.75) is 45.6 Å². The summed E-state index contributed by atoms with van der Waals surface area (Å²) in [4.78, 5) is 1.39. The van der Waals surface area contributed by atoms with E-state index < -0.39 is 10.0 Å². The minimum atomic E-state index is -3.44. The molecular formula is C14H25BrN2O2S2. The third-order valence-electron chi connectivity index (χ3n) is 2.82. The van der Waals surface area contributed by atoms with Crippen LogP contribution in [0.4, 0.5) is 0 Å². The van der Waals surface area contributed by atoms with Crippen LogP contribution in [0.25, 0.3) is 0 Å². The highest BCUT2D eigenvalue weighted by molar-refractivity contribution is 9.11. The van der Waals surface area contributed by atoms with Gasteiger partial charge < -0.3 is 5.32 Å². The molecule has 0 atom stereocenters. The molecule has 0 saturated heterocycles. The standard InChI is InChI=1S/C14H25BrN2O2S2/c1-6-7-16-9-11-8-12(13(15)20-11)21(18,19)17(5)10-14(2,3)4/h8,16H,6-7,9-10H2,1-5H3. The summed E-state index contributed by atoms with van der Waals surface area (Å²) in [5.74, 6) is 0. The van der Waals surface area contributed by atoms with Crippen LogP contribution in [0.15, 0.2) is 14.7 Å². The van der Waals surface area contributed by atoms with Crippen molar-refractivity contribution in [1.29, 1.82) is 0 Å². The third kappa shape index (κ3) is 5.63. The second-order valence-corrected chi connectivity index (χ2v) is 10.8. The fourth-order valence-electron chi connectivity index (χ4n) is 1.97. The zero-order valence-electron chi connectivity index (χ0n) is 13.4. The van der Waals surface area contributed by atoms with Gasteiger partial charge in [-0.2, -0.15) is 0 Å². The van der Waals surface area contributed by atoms with E-state index >= 15 is 0 Å². The first-order chi connectivity index (χ1) is 9.58. The molecule has 1 heterocycles. The minimum absolute atomic E-state index is 0.0736. The Morgan fingerprint density at radius 1 is 1.38 bits per heavy atom. The third-order valence-corrected chi connectivity index (χ3v) is 6.87. The Bertz CT molecular complexity index is 562. The van der Waals surface area contributed by atoms with Gasteiger partial charge in [-0.25, -0.2) is 12.7 Å². The van der Waals surface area contributed by atoms with Crippen LogP contribution >= 0.6 is 27.3 Å². The molecule has 0 unspecified atom stereocenters. The second-order valence-electron chi connectivity index (χ2n) is 6.35. The van der Waals surface area contributed by atoms with Gasteiger partial charge in [0.25, 0.3) is 0 Å². The van der Waals surface area contributed by atoms with Gasteiger partial charge in [0.2, 0.25) is 10.0 Å². The van der Waals surface area contributed by atoms with Gasteiger partial charge in [-0.15, -0.1) is 11.3 Å². The first-order valence-corrected chi connectivity index (χ1v) is 10.1. The van der Waals surface area contributed by atoms with Gasteiger partial charge in [0.15, 0.2) is 0 Å². The molecule has 0 amide bonds. The van der Waals surface area contributed by atoms with Crippen LogP contribution in [0.5, 0.6) is 0 Å². The van der Waals surface area contributed by atoms with Crippen LogP contribution in [-0.2, 0) is 16.6 Å². The summed E-state index contributed by atoms with van der Waals surface area (Å²) in [6.45, 7) is 10.3. The van der Waals surface area contributed by atoms with Crippen molar-refractivity contribution >= 4 is 37.3 Å². The molecule has 0 spiro atoms. The van der Waals surface area contributed by atoms with Crippen molar-refractivity contribution in [2.75, 3.05) is 20.1 Å². The Hall–Kier alpha value is 0.0500. The zero-order chi connectivity index (χ0) is 16.3. The molecule has 0 bridgehead atoms. The summed E-state index contributed by atoms with van der Waals surface area (Å²) >= 11 is 4.87. The van der Waals surface area contributed by atoms with Gasteiger partial charge >= 0.3 is 0 Å². The number of nitrogens with zero attached hydrogens (tertiary/aromatic N) is 1. The quantitative estimate of drug-likeness (QED) is 0.715. The highest BCUT2D eigenvalue weighted by atomic mass is 79.9. The normalized spacial score (nSPS) is 13.1. The Morgan fingerprint density at radius 3 is 2.52 bits per heavy atom. The molecule has 0 aromatic carbocycles. The van der Waals surface area contributed by atoms with Gasteiger partial charge in [0, 0.05) is 25.0 Å². The van der Waals surface area contributed by atoms with Crippen LogP contribution in [0.3, 0.4) is 0 Å². The maximum Gasteiger partial charge on any atom is 0.244 e. The van der Waals surface area contributed by atoms with E-state index in [0.717, 1.165) is 17.8 Å². The van der Waals surface area contributed by atoms with E-state index in [-0.39, 0.29) is 5.41 Å². The van der Waals surface area contributed by atoms with Crippen LogP contribution in [0, 0.1) is 5.41 Å². The lowest BCUT2D eigenvalue weighted by Crippen LogP contribution is -2.34. The highest BCUT2D eigenvalue weighted by Gasteiger charge is 2.28. The van der Waals surface area contributed by atoms with Crippen molar-refractivity contribution in [3.63, 3.8) is 0 Å². The molecule has 21 heavy (non-hydrogen) atoms. The van der Waals surface area contributed by atoms with Crippen LogP contribution in [0.1, 0.15) is 39.0 Å². The monoisotopic (exact) mass is 396 g/mol. The second kappa shape index (κ2) is 7.55. The average molecular weight is 397 g/mol. The lowest BCUT2D eigenvalue weighted by Gasteiger charge is -2.25. The number of hydrogen-bond acceptors (Lipinski definition) is 4. The van der Waals surface area contributed by atoms with Gasteiger partial charge in [0.1, 0.15) is 4.90 Å². The van der Waals surface area contributed by atoms with Crippen molar-refractivity contribution in [3.05, 3.63) is 14.7 Å². The molecule has 0 aliphatic heterocycles. The lowest BCUT2D eigenvalue weighted by molar-refractivity contribution is 0.311. The van der Waals surface area contributed by atoms with E-state index in [1.807, 2.05) is 20.8 Å². The molecule has 7 heteroatoms. The molecule has 0 radical (unpaired) electrons. The topological polar surface area (TPSA) is 49.4 Å². The van der Waals surface area contributed by atoms with Gasteiger partial charge in [-0.05, 0) is 40.4 Å². The van der Waals surface area contributed by atoms with Crippen LogP contribution < -0.4 is 5.32 Å². The summed E-state index contributed by atoms with van der Waals surface area (Å²) in [5, 5.41) is 3.29. The Morgan fingerprint density at radius 2 is 2.00 bits per heavy atom. The largest absolute Gasteiger partial charge is 0.312 e. The molecule has 1 rings (SSSR count). The van der Waals surface area contributed by atoms with Crippen molar-refractivity contribution < 1.29 is 8.42 Å². The fourth-order valence-corrected chi connectivity index (χ4v) is 5.97. The summed E-state index contributed by atoms with van der Waals surface area (Å²) < 4.78 is 27.4. The van der Waals surface area contributed by atoms with Crippen LogP contribution in [0.2, 0.25) is 0 Å². The van der Waals surface area contributed by atoms with E-state index in [4.69, 9.17) is 0 Å². The smallest absolute Gasteiger partial charge is 0.244 e. The van der Waals surface area contributed by atoms with E-state index in [9.17, 15) is 8.42 Å². The molecule has 0 aliphatic rings. The van der Waals surface area contributed by atoms with E-state index in [2.05, 4.69) is 28.2 Å². The van der Waals surface area contributed by atoms with Crippen LogP contribution in [-0.4, -0.2) is 32.9 Å². The Kier molecular flexibility index (Phi) is 6.86. The molecule has 4 nitrogen and oxygen atoms in total. The number of rotatable bonds is 7. The maximum absolute atomic E-state index is 12.7. The molecule has 122 valence electrons. The summed E-state index contributed by atoms with van der Waals surface area (Å²) in [6, 6.07) is 1.77. The number of halogens is 1. The summed E-state index contributed by atoms with van der Waals surface area (Å²) in [6.07, 6.45) is 1.06. The first-order valence-electron chi connectivity index (χ1n) is 7.03. The minimum Gasteiger partial charge on any atom is -0.312 e. The molecule has 1 N–H and O–H groups in total. The predicted octanol–water partition coefficient (Wildman–Crippen LogP) is 3.68. The molecule has 0 saturated carbocycles. The number of sulfonamides is 1. The lowest BCUT2D eigenvalue weighted by atomic mass is 9.97. The highest BCUT2D eigenvalue weighted by Crippen LogP contribution is 2.34. The molecule has 0 fully saturated rings. The summed E-state index contributed by atoms with van der Waals surface area (Å²) in [7, 11) is -1.80. The SMILES string of the molecule is CCCNCc1cc(S(=O)(=O)N(C)CC(C)(C)C)c(Br)s1. The number of hydrogen-bond donors (Lipinski definition) is 1. The average Bonchev–Trinajstić information content (AvgIpc) is 2.69. The van der Waals surface area contributed by atoms with E-state index in [1.54, 1.807) is 13.1 Å². The first kappa shape index (κ1) is 19.1. The predicted molar refractivity (Wildman–Crippen MR) is 93.3 cm³/mol. The Labute approximate surface area is 141 Å². The molecule has 1 aromatic rings. The van der Waals surface area contributed by atoms with Crippen molar-refractivity contribution in [2.24, 2.45) is 5.41 Å². The van der Waals surface area contributed by atoms with Crippen molar-refractivity contribution in [1.82, 2.24) is 9.62 Å². The Balaban J connectivity index is 2.93. The molecular weight excluding hydrogens is 372 g/mol. The van der Waals surface area contributed by atoms with E-state index in [1.165, 1.54) is 15.6 Å². The van der Waals surface area contributed by atoms with Crippen molar-refractivity contribution in [3.8, 4) is 0 Å². The van der Waals surface area contributed by atoms with Gasteiger partial charge in [-0.3, -0.25) is 0 Å². The van der Waals surface area contributed by atoms with Gasteiger partial charge in [0.05, 0.1) is 3.79 Å². The number of nitrogens with one attached hydrogen (secondary N) is 1.